The predicted molar refractivity (Wildman–Crippen MR) is 41.0 cm³/mol. The average molecular weight is 150 g/mol. The Morgan fingerprint density at radius 1 is 1.55 bits per heavy atom. The zero-order chi connectivity index (χ0) is 7.84. The van der Waals surface area contributed by atoms with Crippen molar-refractivity contribution in [3.8, 4) is 0 Å². The zero-order valence-electron chi connectivity index (χ0n) is 5.93. The van der Waals surface area contributed by atoms with Crippen molar-refractivity contribution >= 4 is 24.4 Å². The van der Waals surface area contributed by atoms with E-state index < -0.39 is 0 Å². The number of hydrogen-bond donors (Lipinski definition) is 0. The highest BCUT2D eigenvalue weighted by Gasteiger charge is 2.32. The van der Waals surface area contributed by atoms with Gasteiger partial charge in [0.2, 0.25) is 0 Å². The summed E-state index contributed by atoms with van der Waals surface area (Å²) < 4.78 is 0. The Kier molecular flexibility index (Phi) is 1.12. The summed E-state index contributed by atoms with van der Waals surface area (Å²) in [4.78, 5) is 24.1. The van der Waals surface area contributed by atoms with Gasteiger partial charge in [0.25, 0.3) is 5.91 Å². The van der Waals surface area contributed by atoms with E-state index in [9.17, 15) is 4.79 Å². The molecule has 1 amide bonds. The molecule has 0 saturated carbocycles. The molecule has 0 aromatic heterocycles. The number of rotatable bonds is 0. The predicted octanol–water partition coefficient (Wildman–Crippen LogP) is -0.704. The van der Waals surface area contributed by atoms with Crippen LogP contribution in [0.1, 0.15) is 0 Å². The minimum atomic E-state index is -0.375. The van der Waals surface area contributed by atoms with Crippen molar-refractivity contribution in [2.75, 3.05) is 7.05 Å². The smallest absolute Gasteiger partial charge is 0.277 e. The van der Waals surface area contributed by atoms with Crippen LogP contribution in [-0.2, 0) is 4.79 Å². The summed E-state index contributed by atoms with van der Waals surface area (Å²) in [5.41, 5.74) is 0. The number of carbonyl (C=O) groups excluding carboxylic acids is 1. The molecule has 0 bridgehead atoms. The quantitative estimate of drug-likeness (QED) is 0.458. The molecule has 2 heterocycles. The molecule has 2 aliphatic rings. The number of likely N-dealkylation sites (N-methyl/N-ethyl adjacent to an activating group) is 1. The first-order valence-corrected chi connectivity index (χ1v) is 3.19. The number of hydrogen-bond acceptors (Lipinski definition) is 4. The van der Waals surface area contributed by atoms with Crippen LogP contribution in [0.4, 0.5) is 0 Å². The molecule has 1 unspecified atom stereocenters. The van der Waals surface area contributed by atoms with Gasteiger partial charge in [0, 0.05) is 7.05 Å². The van der Waals surface area contributed by atoms with E-state index >= 15 is 0 Å². The Hall–Kier alpha value is -1.52. The summed E-state index contributed by atoms with van der Waals surface area (Å²) in [6.45, 7) is 0. The molecule has 5 heteroatoms. The fourth-order valence-electron chi connectivity index (χ4n) is 1.07. The molecule has 2 aliphatic heterocycles. The van der Waals surface area contributed by atoms with Crippen LogP contribution in [-0.4, -0.2) is 42.4 Å². The molecule has 0 saturated heterocycles. The molecule has 0 aromatic carbocycles. The number of aliphatic imine (C=N–C) groups is 3. The van der Waals surface area contributed by atoms with E-state index in [0.29, 0.717) is 5.84 Å². The topological polar surface area (TPSA) is 57.4 Å². The van der Waals surface area contributed by atoms with Gasteiger partial charge >= 0.3 is 0 Å². The number of amides is 1. The second-order valence-corrected chi connectivity index (χ2v) is 2.38. The average Bonchev–Trinajstić information content (AvgIpc) is 2.34. The highest BCUT2D eigenvalue weighted by Crippen LogP contribution is 2.10. The number of nitrogens with zero attached hydrogens (tertiary/aromatic N) is 4. The lowest BCUT2D eigenvalue weighted by Crippen LogP contribution is -2.39. The fraction of sp³-hybridized carbons (Fsp3) is 0.333. The van der Waals surface area contributed by atoms with Gasteiger partial charge in [0.1, 0.15) is 6.34 Å². The first-order valence-electron chi connectivity index (χ1n) is 3.19. The van der Waals surface area contributed by atoms with Crippen LogP contribution in [0, 0.1) is 0 Å². The number of carbonyl (C=O) groups is 1. The SMILES string of the molecule is CN1C=NC2=NC=NC(=O)C21. The Balaban J connectivity index is 2.41. The third-order valence-corrected chi connectivity index (χ3v) is 1.63. The molecule has 1 atom stereocenters. The minimum absolute atomic E-state index is 0.199. The van der Waals surface area contributed by atoms with Crippen molar-refractivity contribution in [3.63, 3.8) is 0 Å². The molecular weight excluding hydrogens is 144 g/mol. The maximum Gasteiger partial charge on any atom is 0.277 e. The second kappa shape index (κ2) is 1.98. The highest BCUT2D eigenvalue weighted by molar-refractivity contribution is 6.18. The Morgan fingerprint density at radius 3 is 3.09 bits per heavy atom. The van der Waals surface area contributed by atoms with Gasteiger partial charge in [-0.1, -0.05) is 0 Å². The van der Waals surface area contributed by atoms with Crippen LogP contribution >= 0.6 is 0 Å². The van der Waals surface area contributed by atoms with Crippen LogP contribution in [0.2, 0.25) is 0 Å². The molecule has 11 heavy (non-hydrogen) atoms. The maximum absolute atomic E-state index is 11.1. The molecule has 0 aromatic rings. The standard InChI is InChI=1S/C6H6N4O/c1-10-3-9-5-4(10)6(11)8-2-7-5/h2-4H,1H3. The van der Waals surface area contributed by atoms with Gasteiger partial charge < -0.3 is 4.90 Å². The molecule has 0 fully saturated rings. The van der Waals surface area contributed by atoms with Gasteiger partial charge in [-0.25, -0.2) is 9.98 Å². The van der Waals surface area contributed by atoms with Crippen molar-refractivity contribution in [1.82, 2.24) is 4.90 Å². The molecule has 0 aliphatic carbocycles. The van der Waals surface area contributed by atoms with Crippen LogP contribution in [0.15, 0.2) is 15.0 Å². The summed E-state index contributed by atoms with van der Waals surface area (Å²) in [7, 11) is 1.77. The van der Waals surface area contributed by atoms with Gasteiger partial charge in [0.05, 0.1) is 6.34 Å². The van der Waals surface area contributed by atoms with Crippen molar-refractivity contribution in [2.24, 2.45) is 15.0 Å². The molecule has 2 rings (SSSR count). The fourth-order valence-corrected chi connectivity index (χ4v) is 1.07. The van der Waals surface area contributed by atoms with Crippen molar-refractivity contribution in [3.05, 3.63) is 0 Å². The Bertz CT molecular complexity index is 291. The van der Waals surface area contributed by atoms with Crippen LogP contribution in [0.5, 0.6) is 0 Å². The largest absolute Gasteiger partial charge is 0.347 e. The normalized spacial score (nSPS) is 27.4. The van der Waals surface area contributed by atoms with Crippen molar-refractivity contribution in [2.45, 2.75) is 6.04 Å². The number of amidine groups is 1. The van der Waals surface area contributed by atoms with E-state index in [1.807, 2.05) is 0 Å². The van der Waals surface area contributed by atoms with Crippen LogP contribution in [0.3, 0.4) is 0 Å². The van der Waals surface area contributed by atoms with Gasteiger partial charge in [-0.2, -0.15) is 4.99 Å². The summed E-state index contributed by atoms with van der Waals surface area (Å²) in [6, 6.07) is -0.375. The first kappa shape index (κ1) is 6.21. The third-order valence-electron chi connectivity index (χ3n) is 1.63. The van der Waals surface area contributed by atoms with Crippen molar-refractivity contribution in [1.29, 1.82) is 0 Å². The van der Waals surface area contributed by atoms with E-state index in [1.54, 1.807) is 18.3 Å². The Morgan fingerprint density at radius 2 is 2.36 bits per heavy atom. The molecule has 56 valence electrons. The van der Waals surface area contributed by atoms with Gasteiger partial charge in [0.15, 0.2) is 11.9 Å². The molecule has 0 spiro atoms. The van der Waals surface area contributed by atoms with Gasteiger partial charge in [-0.15, -0.1) is 0 Å². The van der Waals surface area contributed by atoms with E-state index in [2.05, 4.69) is 15.0 Å². The highest BCUT2D eigenvalue weighted by atomic mass is 16.2. The lowest BCUT2D eigenvalue weighted by atomic mass is 10.2. The second-order valence-electron chi connectivity index (χ2n) is 2.38. The molecule has 0 radical (unpaired) electrons. The minimum Gasteiger partial charge on any atom is -0.347 e. The zero-order valence-corrected chi connectivity index (χ0v) is 5.93. The Labute approximate surface area is 63.2 Å². The van der Waals surface area contributed by atoms with E-state index in [0.717, 1.165) is 0 Å². The maximum atomic E-state index is 11.1. The van der Waals surface area contributed by atoms with E-state index in [4.69, 9.17) is 0 Å². The lowest BCUT2D eigenvalue weighted by Gasteiger charge is -2.16. The molecule has 0 N–H and O–H groups in total. The summed E-state index contributed by atoms with van der Waals surface area (Å²) in [5.74, 6) is 0.336. The summed E-state index contributed by atoms with van der Waals surface area (Å²) >= 11 is 0. The van der Waals surface area contributed by atoms with E-state index in [-0.39, 0.29) is 11.9 Å². The van der Waals surface area contributed by atoms with Gasteiger partial charge in [-0.3, -0.25) is 4.79 Å². The van der Waals surface area contributed by atoms with Gasteiger partial charge in [-0.05, 0) is 0 Å². The summed E-state index contributed by atoms with van der Waals surface area (Å²) in [5, 5.41) is 0. The van der Waals surface area contributed by atoms with E-state index in [1.165, 1.54) is 6.34 Å². The van der Waals surface area contributed by atoms with Crippen LogP contribution in [0.25, 0.3) is 0 Å². The van der Waals surface area contributed by atoms with Crippen LogP contribution < -0.4 is 0 Å². The van der Waals surface area contributed by atoms with Crippen molar-refractivity contribution < 1.29 is 4.79 Å². The third kappa shape index (κ3) is 0.772. The lowest BCUT2D eigenvalue weighted by molar-refractivity contribution is -0.119. The summed E-state index contributed by atoms with van der Waals surface area (Å²) in [6.07, 6.45) is 2.82. The monoisotopic (exact) mass is 150 g/mol. The molecular formula is C6H6N4O. The first-order chi connectivity index (χ1) is 5.29. The number of fused-ring (bicyclic) bond motifs is 1. The molecule has 5 nitrogen and oxygen atoms in total.